The van der Waals surface area contributed by atoms with E-state index in [1.165, 1.54) is 17.7 Å². The summed E-state index contributed by atoms with van der Waals surface area (Å²) in [5.41, 5.74) is 3.86. The Morgan fingerprint density at radius 1 is 1.18 bits per heavy atom. The van der Waals surface area contributed by atoms with Crippen LogP contribution in [0, 0.1) is 0 Å². The second-order valence-corrected chi connectivity index (χ2v) is 5.85. The molecule has 0 aromatic heterocycles. The summed E-state index contributed by atoms with van der Waals surface area (Å²) in [7, 11) is -0.690. The van der Waals surface area contributed by atoms with E-state index in [-0.39, 0.29) is 0 Å². The molecule has 0 aliphatic carbocycles. The zero-order valence-corrected chi connectivity index (χ0v) is 8.79. The lowest BCUT2D eigenvalue weighted by molar-refractivity contribution is 1.39. The molecule has 0 spiro atoms. The van der Waals surface area contributed by atoms with Crippen LogP contribution in [0.1, 0.15) is 13.8 Å². The van der Waals surface area contributed by atoms with E-state index in [0.29, 0.717) is 0 Å². The van der Waals surface area contributed by atoms with Gasteiger partial charge < -0.3 is 0 Å². The largest absolute Gasteiger partial charge is 0.103 e. The minimum atomic E-state index is -0.690. The average Bonchev–Trinajstić information content (AvgIpc) is 1.87. The number of allylic oxidation sites excluding steroid dienone is 3. The van der Waals surface area contributed by atoms with Crippen molar-refractivity contribution in [1.82, 2.24) is 0 Å². The van der Waals surface area contributed by atoms with Crippen molar-refractivity contribution in [3.63, 3.8) is 0 Å². The third-order valence-electron chi connectivity index (χ3n) is 1.51. The molecule has 0 N–H and O–H groups in total. The van der Waals surface area contributed by atoms with Gasteiger partial charge in [-0.05, 0) is 25.9 Å². The Bertz CT molecular complexity index is 142. The summed E-state index contributed by atoms with van der Waals surface area (Å²) >= 11 is 0. The summed E-state index contributed by atoms with van der Waals surface area (Å²) in [6.45, 7) is 11.8. The van der Waals surface area contributed by atoms with Gasteiger partial charge in [0.2, 0.25) is 0 Å². The van der Waals surface area contributed by atoms with Crippen molar-refractivity contribution in [2.75, 3.05) is 0 Å². The van der Waals surface area contributed by atoms with Gasteiger partial charge in [-0.25, -0.2) is 0 Å². The van der Waals surface area contributed by atoms with Gasteiger partial charge in [0.25, 0.3) is 0 Å². The predicted molar refractivity (Wildman–Crippen MR) is 56.6 cm³/mol. The van der Waals surface area contributed by atoms with Crippen molar-refractivity contribution in [2.45, 2.75) is 25.9 Å². The maximum Gasteiger partial charge on any atom is 0.0688 e. The van der Waals surface area contributed by atoms with Gasteiger partial charge in [-0.3, -0.25) is 0 Å². The smallest absolute Gasteiger partial charge is 0.0688 e. The first-order valence-electron chi connectivity index (χ1n) is 4.07. The molecule has 0 aromatic rings. The summed E-state index contributed by atoms with van der Waals surface area (Å²) in [6.07, 6.45) is 4.06. The molecular formula is C10H18Si. The lowest BCUT2D eigenvalue weighted by Gasteiger charge is -2.04. The Morgan fingerprint density at radius 3 is 1.91 bits per heavy atom. The summed E-state index contributed by atoms with van der Waals surface area (Å²) in [4.78, 5) is 0. The van der Waals surface area contributed by atoms with Crippen molar-refractivity contribution in [2.24, 2.45) is 0 Å². The van der Waals surface area contributed by atoms with Crippen molar-refractivity contribution in [1.29, 1.82) is 0 Å². The topological polar surface area (TPSA) is 0 Å². The molecule has 0 bridgehead atoms. The molecule has 0 aliphatic rings. The van der Waals surface area contributed by atoms with E-state index >= 15 is 0 Å². The second kappa shape index (κ2) is 6.17. The van der Waals surface area contributed by atoms with E-state index in [0.717, 1.165) is 0 Å². The van der Waals surface area contributed by atoms with Gasteiger partial charge in [0.05, 0.1) is 8.80 Å². The van der Waals surface area contributed by atoms with Crippen LogP contribution in [0.3, 0.4) is 0 Å². The van der Waals surface area contributed by atoms with Crippen LogP contribution in [0.5, 0.6) is 0 Å². The average molecular weight is 166 g/mol. The Hall–Kier alpha value is -0.563. The zero-order valence-electron chi connectivity index (χ0n) is 7.64. The molecule has 11 heavy (non-hydrogen) atoms. The Morgan fingerprint density at radius 2 is 1.64 bits per heavy atom. The van der Waals surface area contributed by atoms with Gasteiger partial charge in [0, 0.05) is 0 Å². The van der Waals surface area contributed by atoms with Gasteiger partial charge in [-0.15, -0.1) is 13.2 Å². The molecule has 0 aromatic carbocycles. The summed E-state index contributed by atoms with van der Waals surface area (Å²) in [5, 5.41) is 0. The Labute approximate surface area is 71.9 Å². The van der Waals surface area contributed by atoms with Gasteiger partial charge >= 0.3 is 0 Å². The van der Waals surface area contributed by atoms with Crippen molar-refractivity contribution >= 4 is 8.80 Å². The lowest BCUT2D eigenvalue weighted by atomic mass is 10.4. The van der Waals surface area contributed by atoms with E-state index < -0.39 is 8.80 Å². The molecule has 0 radical (unpaired) electrons. The molecule has 0 saturated carbocycles. The molecule has 0 fully saturated rings. The molecule has 0 rings (SSSR count). The third-order valence-corrected chi connectivity index (χ3v) is 4.52. The van der Waals surface area contributed by atoms with Crippen LogP contribution in [0.4, 0.5) is 0 Å². The normalized spacial score (nSPS) is 9.36. The Kier molecular flexibility index (Phi) is 5.85. The van der Waals surface area contributed by atoms with Gasteiger partial charge in [-0.1, -0.05) is 23.4 Å². The van der Waals surface area contributed by atoms with E-state index in [1.54, 1.807) is 0 Å². The van der Waals surface area contributed by atoms with Crippen LogP contribution in [-0.2, 0) is 0 Å². The molecular weight excluding hydrogens is 148 g/mol. The number of hydrogen-bond donors (Lipinski definition) is 0. The SMILES string of the molecule is C=CC[SiH](C=C(C)C)CC=C. The third kappa shape index (κ3) is 5.86. The molecule has 0 heterocycles. The van der Waals surface area contributed by atoms with Gasteiger partial charge in [-0.2, -0.15) is 0 Å². The fourth-order valence-electron chi connectivity index (χ4n) is 1.13. The maximum atomic E-state index is 3.76. The second-order valence-electron chi connectivity index (χ2n) is 3.05. The standard InChI is InChI=1S/C10H18Si/c1-5-7-11(8-6-2)9-10(3)4/h5-6,9,11H,1-2,7-8H2,3-4H3. The first-order valence-corrected chi connectivity index (χ1v) is 6.37. The van der Waals surface area contributed by atoms with Crippen LogP contribution in [0.2, 0.25) is 12.1 Å². The molecule has 0 aliphatic heterocycles. The minimum Gasteiger partial charge on any atom is -0.103 e. The highest BCUT2D eigenvalue weighted by Gasteiger charge is 2.01. The van der Waals surface area contributed by atoms with E-state index in [1.807, 2.05) is 12.2 Å². The van der Waals surface area contributed by atoms with Crippen molar-refractivity contribution in [3.8, 4) is 0 Å². The number of hydrogen-bond acceptors (Lipinski definition) is 0. The molecule has 0 nitrogen and oxygen atoms in total. The van der Waals surface area contributed by atoms with Crippen molar-refractivity contribution < 1.29 is 0 Å². The lowest BCUT2D eigenvalue weighted by Crippen LogP contribution is -2.06. The quantitative estimate of drug-likeness (QED) is 0.435. The monoisotopic (exact) mass is 166 g/mol. The van der Waals surface area contributed by atoms with Crippen molar-refractivity contribution in [3.05, 3.63) is 36.6 Å². The summed E-state index contributed by atoms with van der Waals surface area (Å²) < 4.78 is 0. The van der Waals surface area contributed by atoms with Crippen LogP contribution in [-0.4, -0.2) is 8.80 Å². The predicted octanol–water partition coefficient (Wildman–Crippen LogP) is 3.09. The zero-order chi connectivity index (χ0) is 8.69. The minimum absolute atomic E-state index is 0.690. The van der Waals surface area contributed by atoms with Gasteiger partial charge in [0.15, 0.2) is 0 Å². The molecule has 0 saturated heterocycles. The fraction of sp³-hybridized carbons (Fsp3) is 0.400. The first kappa shape index (κ1) is 10.4. The van der Waals surface area contributed by atoms with Crippen LogP contribution in [0.25, 0.3) is 0 Å². The number of rotatable bonds is 5. The molecule has 1 heteroatoms. The van der Waals surface area contributed by atoms with Crippen LogP contribution >= 0.6 is 0 Å². The first-order chi connectivity index (χ1) is 5.20. The highest BCUT2D eigenvalue weighted by atomic mass is 28.3. The highest BCUT2D eigenvalue weighted by Crippen LogP contribution is 2.05. The molecule has 0 atom stereocenters. The molecule has 62 valence electrons. The van der Waals surface area contributed by atoms with Gasteiger partial charge in [0.1, 0.15) is 0 Å². The summed E-state index contributed by atoms with van der Waals surface area (Å²) in [6, 6.07) is 2.38. The highest BCUT2D eigenvalue weighted by molar-refractivity contribution is 6.65. The van der Waals surface area contributed by atoms with E-state index in [4.69, 9.17) is 0 Å². The maximum absolute atomic E-state index is 3.76. The fourth-order valence-corrected chi connectivity index (χ4v) is 3.40. The summed E-state index contributed by atoms with van der Waals surface area (Å²) in [5.74, 6) is 0. The van der Waals surface area contributed by atoms with Crippen LogP contribution < -0.4 is 0 Å². The Balaban J connectivity index is 3.97. The molecule has 0 amide bonds. The molecule has 0 unspecified atom stereocenters. The van der Waals surface area contributed by atoms with E-state index in [9.17, 15) is 0 Å². The van der Waals surface area contributed by atoms with E-state index in [2.05, 4.69) is 32.7 Å². The van der Waals surface area contributed by atoms with Crippen LogP contribution in [0.15, 0.2) is 36.6 Å².